The lowest BCUT2D eigenvalue weighted by Crippen LogP contribution is -2.47. The normalized spacial score (nSPS) is 15.4. The summed E-state index contributed by atoms with van der Waals surface area (Å²) in [5, 5.41) is 0.471. The van der Waals surface area contributed by atoms with E-state index < -0.39 is 10.0 Å². The van der Waals surface area contributed by atoms with Crippen LogP contribution in [0.25, 0.3) is 0 Å². The number of likely N-dealkylation sites (tertiary alicyclic amines) is 1. The maximum atomic E-state index is 12.2. The molecule has 7 heteroatoms. The Labute approximate surface area is 117 Å². The van der Waals surface area contributed by atoms with Crippen LogP contribution in [0.15, 0.2) is 29.2 Å². The molecule has 0 aliphatic carbocycles. The third kappa shape index (κ3) is 3.08. The van der Waals surface area contributed by atoms with E-state index in [0.29, 0.717) is 18.1 Å². The first-order valence-electron chi connectivity index (χ1n) is 5.91. The van der Waals surface area contributed by atoms with Crippen molar-refractivity contribution in [3.05, 3.63) is 29.3 Å². The first-order valence-corrected chi connectivity index (χ1v) is 7.73. The molecule has 0 spiro atoms. The SMILES string of the molecule is CN(CC(=O)N1CCC1)S(=O)(=O)c1ccc(Cl)cc1. The lowest BCUT2D eigenvalue weighted by atomic mass is 10.2. The Bertz CT molecular complexity index is 567. The minimum absolute atomic E-state index is 0.134. The summed E-state index contributed by atoms with van der Waals surface area (Å²) in [4.78, 5) is 13.5. The molecule has 0 aromatic heterocycles. The first-order chi connectivity index (χ1) is 8.91. The van der Waals surface area contributed by atoms with Gasteiger partial charge in [-0.25, -0.2) is 8.42 Å². The second kappa shape index (κ2) is 5.48. The van der Waals surface area contributed by atoms with Gasteiger partial charge in [-0.2, -0.15) is 4.31 Å². The van der Waals surface area contributed by atoms with E-state index in [-0.39, 0.29) is 17.3 Å². The van der Waals surface area contributed by atoms with Gasteiger partial charge in [0.2, 0.25) is 15.9 Å². The molecule has 1 aromatic carbocycles. The maximum absolute atomic E-state index is 12.2. The molecule has 0 unspecified atom stereocenters. The standard InChI is InChI=1S/C12H15ClN2O3S/c1-14(9-12(16)15-7-2-8-15)19(17,18)11-5-3-10(13)4-6-11/h3-6H,2,7-9H2,1H3. The van der Waals surface area contributed by atoms with Gasteiger partial charge < -0.3 is 4.90 Å². The number of carbonyl (C=O) groups is 1. The van der Waals surface area contributed by atoms with E-state index in [1.165, 1.54) is 31.3 Å². The van der Waals surface area contributed by atoms with Gasteiger partial charge in [0.1, 0.15) is 0 Å². The molecular formula is C12H15ClN2O3S. The predicted octanol–water partition coefficient (Wildman–Crippen LogP) is 1.19. The van der Waals surface area contributed by atoms with Crippen LogP contribution >= 0.6 is 11.6 Å². The Hall–Kier alpha value is -1.11. The first kappa shape index (κ1) is 14.3. The summed E-state index contributed by atoms with van der Waals surface area (Å²) >= 11 is 5.72. The fraction of sp³-hybridized carbons (Fsp3) is 0.417. The highest BCUT2D eigenvalue weighted by Gasteiger charge is 2.27. The van der Waals surface area contributed by atoms with Crippen molar-refractivity contribution in [3.8, 4) is 0 Å². The molecule has 0 bridgehead atoms. The van der Waals surface area contributed by atoms with Crippen LogP contribution in [-0.4, -0.2) is 50.2 Å². The Morgan fingerprint density at radius 3 is 2.37 bits per heavy atom. The van der Waals surface area contributed by atoms with Gasteiger partial charge in [-0.1, -0.05) is 11.6 Å². The largest absolute Gasteiger partial charge is 0.341 e. The Balaban J connectivity index is 2.10. The van der Waals surface area contributed by atoms with Crippen LogP contribution in [0.5, 0.6) is 0 Å². The third-order valence-electron chi connectivity index (χ3n) is 3.09. The number of hydrogen-bond acceptors (Lipinski definition) is 3. The molecule has 0 radical (unpaired) electrons. The Kier molecular flexibility index (Phi) is 4.13. The van der Waals surface area contributed by atoms with Crippen LogP contribution in [0, 0.1) is 0 Å². The molecule has 19 heavy (non-hydrogen) atoms. The van der Waals surface area contributed by atoms with E-state index >= 15 is 0 Å². The molecule has 0 atom stereocenters. The van der Waals surface area contributed by atoms with Crippen molar-refractivity contribution in [3.63, 3.8) is 0 Å². The fourth-order valence-electron chi connectivity index (χ4n) is 1.73. The maximum Gasteiger partial charge on any atom is 0.243 e. The monoisotopic (exact) mass is 302 g/mol. The van der Waals surface area contributed by atoms with Crippen LogP contribution in [0.1, 0.15) is 6.42 Å². The van der Waals surface area contributed by atoms with Gasteiger partial charge in [0.05, 0.1) is 11.4 Å². The lowest BCUT2D eigenvalue weighted by molar-refractivity contribution is -0.134. The molecule has 1 amide bonds. The summed E-state index contributed by atoms with van der Waals surface area (Å²) in [6, 6.07) is 5.89. The summed E-state index contributed by atoms with van der Waals surface area (Å²) in [5.74, 6) is -0.161. The zero-order valence-corrected chi connectivity index (χ0v) is 12.1. The third-order valence-corrected chi connectivity index (χ3v) is 5.16. The molecule has 5 nitrogen and oxygen atoms in total. The number of benzene rings is 1. The molecular weight excluding hydrogens is 288 g/mol. The second-order valence-corrected chi connectivity index (χ2v) is 6.93. The smallest absolute Gasteiger partial charge is 0.243 e. The number of carbonyl (C=O) groups excluding carboxylic acids is 1. The van der Waals surface area contributed by atoms with Crippen molar-refractivity contribution < 1.29 is 13.2 Å². The summed E-state index contributed by atoms with van der Waals surface area (Å²) in [7, 11) is -2.24. The van der Waals surface area contributed by atoms with Crippen molar-refractivity contribution in [2.45, 2.75) is 11.3 Å². The van der Waals surface area contributed by atoms with Crippen LogP contribution < -0.4 is 0 Å². The van der Waals surface area contributed by atoms with Gasteiger partial charge in [0, 0.05) is 25.2 Å². The van der Waals surface area contributed by atoms with Gasteiger partial charge in [-0.3, -0.25) is 4.79 Å². The predicted molar refractivity (Wildman–Crippen MR) is 72.5 cm³/mol. The van der Waals surface area contributed by atoms with E-state index in [1.807, 2.05) is 0 Å². The average Bonchev–Trinajstić information content (AvgIpc) is 2.26. The van der Waals surface area contributed by atoms with E-state index in [0.717, 1.165) is 10.7 Å². The summed E-state index contributed by atoms with van der Waals surface area (Å²) in [6.45, 7) is 1.30. The summed E-state index contributed by atoms with van der Waals surface area (Å²) in [6.07, 6.45) is 0.986. The molecule has 0 N–H and O–H groups in total. The van der Waals surface area contributed by atoms with Crippen molar-refractivity contribution in [2.75, 3.05) is 26.7 Å². The van der Waals surface area contributed by atoms with Crippen LogP contribution in [0.2, 0.25) is 5.02 Å². The quantitative estimate of drug-likeness (QED) is 0.839. The van der Waals surface area contributed by atoms with Crippen LogP contribution in [0.3, 0.4) is 0 Å². The van der Waals surface area contributed by atoms with Crippen molar-refractivity contribution >= 4 is 27.5 Å². The number of sulfonamides is 1. The second-order valence-electron chi connectivity index (χ2n) is 4.45. The van der Waals surface area contributed by atoms with Gasteiger partial charge >= 0.3 is 0 Å². The number of nitrogens with zero attached hydrogens (tertiary/aromatic N) is 2. The highest BCUT2D eigenvalue weighted by molar-refractivity contribution is 7.89. The van der Waals surface area contributed by atoms with Gasteiger partial charge in [-0.15, -0.1) is 0 Å². The van der Waals surface area contributed by atoms with E-state index in [2.05, 4.69) is 0 Å². The van der Waals surface area contributed by atoms with Crippen LogP contribution in [-0.2, 0) is 14.8 Å². The molecule has 1 fully saturated rings. The van der Waals surface area contributed by atoms with Crippen LogP contribution in [0.4, 0.5) is 0 Å². The minimum atomic E-state index is -3.64. The van der Waals surface area contributed by atoms with E-state index in [1.54, 1.807) is 4.90 Å². The molecule has 1 saturated heterocycles. The topological polar surface area (TPSA) is 57.7 Å². The average molecular weight is 303 g/mol. The number of amides is 1. The van der Waals surface area contributed by atoms with E-state index in [9.17, 15) is 13.2 Å². The molecule has 0 saturated carbocycles. The summed E-state index contributed by atoms with van der Waals surface area (Å²) < 4.78 is 25.5. The highest BCUT2D eigenvalue weighted by Crippen LogP contribution is 2.18. The highest BCUT2D eigenvalue weighted by atomic mass is 35.5. The zero-order chi connectivity index (χ0) is 14.0. The molecule has 2 rings (SSSR count). The van der Waals surface area contributed by atoms with E-state index in [4.69, 9.17) is 11.6 Å². The summed E-state index contributed by atoms with van der Waals surface area (Å²) in [5.41, 5.74) is 0. The molecule has 1 aliphatic rings. The molecule has 1 heterocycles. The number of rotatable bonds is 4. The fourth-order valence-corrected chi connectivity index (χ4v) is 2.97. The Morgan fingerprint density at radius 1 is 1.32 bits per heavy atom. The van der Waals surface area contributed by atoms with Gasteiger partial charge in [-0.05, 0) is 30.7 Å². The minimum Gasteiger partial charge on any atom is -0.341 e. The van der Waals surface area contributed by atoms with Crippen molar-refractivity contribution in [2.24, 2.45) is 0 Å². The Morgan fingerprint density at radius 2 is 1.89 bits per heavy atom. The number of halogens is 1. The van der Waals surface area contributed by atoms with Gasteiger partial charge in [0.15, 0.2) is 0 Å². The molecule has 1 aromatic rings. The number of likely N-dealkylation sites (N-methyl/N-ethyl adjacent to an activating group) is 1. The number of hydrogen-bond donors (Lipinski definition) is 0. The molecule has 104 valence electrons. The lowest BCUT2D eigenvalue weighted by Gasteiger charge is -2.32. The van der Waals surface area contributed by atoms with Crippen molar-refractivity contribution in [1.82, 2.24) is 9.21 Å². The molecule has 1 aliphatic heterocycles. The van der Waals surface area contributed by atoms with Crippen molar-refractivity contribution in [1.29, 1.82) is 0 Å². The zero-order valence-electron chi connectivity index (χ0n) is 10.5. The van der Waals surface area contributed by atoms with Gasteiger partial charge in [0.25, 0.3) is 0 Å².